The molecule has 3 aromatic carbocycles. The molecule has 3 N–H and O–H groups in total. The standard InChI is InChI=1S/C52H64N8O8S2/c1-33-27-39(21-22-41(33)53-8)59-49(66)52(6,7)60(50(59)69)38-19-15-35(16-20-38)11-10-12-44(63)57(9)23-24-67-25-26-68-31-43(62)56-46(51(3,4)5)48(65)58-30-40(61)28-42(58)47(64)54-29-36-13-17-37(18-14-36)45-34(2)55-32-70-45/h13-22,27,32,40,42,46,61H,10-12,23-26,28-31H2,1-7,9H3,(H,54,64)(H,56,62)/t40-,42+,46-/m1/s1. The maximum absolute atomic E-state index is 14.0. The number of hydrogen-bond acceptors (Lipinski definition) is 11. The normalized spacial score (nSPS) is 17.1. The number of thiazole rings is 1. The van der Waals surface area contributed by atoms with E-state index in [1.54, 1.807) is 40.9 Å². The average molecular weight is 993 g/mol. The van der Waals surface area contributed by atoms with Crippen molar-refractivity contribution in [1.82, 2.24) is 25.4 Å². The van der Waals surface area contributed by atoms with E-state index in [4.69, 9.17) is 28.3 Å². The maximum Gasteiger partial charge on any atom is 0.259 e. The third-order valence-corrected chi connectivity index (χ3v) is 13.9. The highest BCUT2D eigenvalue weighted by Gasteiger charge is 2.50. The van der Waals surface area contributed by atoms with Gasteiger partial charge in [0.05, 0.1) is 48.6 Å². The number of aliphatic hydroxyl groups is 1. The summed E-state index contributed by atoms with van der Waals surface area (Å²) < 4.78 is 11.2. The van der Waals surface area contributed by atoms with E-state index >= 15 is 0 Å². The molecule has 0 aliphatic carbocycles. The molecule has 1 aromatic heterocycles. The third-order valence-electron chi connectivity index (χ3n) is 12.6. The Balaban J connectivity index is 0.871. The average Bonchev–Trinajstić information content (AvgIpc) is 3.99. The van der Waals surface area contributed by atoms with Crippen molar-refractivity contribution in [3.8, 4) is 10.4 Å². The number of rotatable bonds is 20. The molecular weight excluding hydrogens is 929 g/mol. The van der Waals surface area contributed by atoms with E-state index in [1.165, 1.54) is 9.80 Å². The van der Waals surface area contributed by atoms with Crippen LogP contribution in [0.2, 0.25) is 0 Å². The van der Waals surface area contributed by atoms with E-state index in [1.807, 2.05) is 108 Å². The van der Waals surface area contributed by atoms with Gasteiger partial charge in [0.2, 0.25) is 23.6 Å². The van der Waals surface area contributed by atoms with Crippen molar-refractivity contribution >= 4 is 75.3 Å². The maximum atomic E-state index is 14.0. The van der Waals surface area contributed by atoms with Gasteiger partial charge in [-0.05, 0) is 105 Å². The molecular formula is C52H64N8O8S2. The summed E-state index contributed by atoms with van der Waals surface area (Å²) in [5.41, 5.74) is 6.78. The molecule has 18 heteroatoms. The molecule has 3 atom stereocenters. The quantitative estimate of drug-likeness (QED) is 0.0499. The fourth-order valence-electron chi connectivity index (χ4n) is 8.50. The number of amides is 5. The number of nitrogens with zero attached hydrogens (tertiary/aromatic N) is 6. The second-order valence-corrected chi connectivity index (χ2v) is 20.6. The van der Waals surface area contributed by atoms with Crippen LogP contribution >= 0.6 is 23.6 Å². The van der Waals surface area contributed by atoms with Gasteiger partial charge in [-0.25, -0.2) is 9.83 Å². The van der Waals surface area contributed by atoms with Gasteiger partial charge in [-0.3, -0.25) is 28.9 Å². The van der Waals surface area contributed by atoms with E-state index in [-0.39, 0.29) is 63.7 Å². The Hall–Kier alpha value is -6.10. The second-order valence-electron chi connectivity index (χ2n) is 19.3. The Labute approximate surface area is 420 Å². The van der Waals surface area contributed by atoms with Crippen molar-refractivity contribution in [3.63, 3.8) is 0 Å². The highest BCUT2D eigenvalue weighted by atomic mass is 32.1. The van der Waals surface area contributed by atoms with Crippen LogP contribution in [0.1, 0.15) is 76.3 Å². The van der Waals surface area contributed by atoms with Gasteiger partial charge in [0.1, 0.15) is 24.2 Å². The van der Waals surface area contributed by atoms with E-state index in [0.29, 0.717) is 42.3 Å². The number of carbonyl (C=O) groups is 5. The summed E-state index contributed by atoms with van der Waals surface area (Å²) in [6.45, 7) is 21.1. The van der Waals surface area contributed by atoms with Crippen LogP contribution < -0.4 is 20.4 Å². The minimum absolute atomic E-state index is 0.0157. The summed E-state index contributed by atoms with van der Waals surface area (Å²) in [5, 5.41) is 16.6. The van der Waals surface area contributed by atoms with E-state index < -0.39 is 41.0 Å². The Kier molecular flexibility index (Phi) is 17.7. The van der Waals surface area contributed by atoms with Crippen LogP contribution in [-0.4, -0.2) is 125 Å². The lowest BCUT2D eigenvalue weighted by molar-refractivity contribution is -0.144. The molecule has 372 valence electrons. The van der Waals surface area contributed by atoms with Crippen molar-refractivity contribution in [3.05, 3.63) is 106 Å². The number of likely N-dealkylation sites (tertiary alicyclic amines) is 1. The lowest BCUT2D eigenvalue weighted by Gasteiger charge is -2.35. The number of hydrogen-bond donors (Lipinski definition) is 3. The number of aromatic nitrogens is 1. The summed E-state index contributed by atoms with van der Waals surface area (Å²) >= 11 is 7.40. The molecule has 0 bridgehead atoms. The summed E-state index contributed by atoms with van der Waals surface area (Å²) in [5.74, 6) is -1.53. The van der Waals surface area contributed by atoms with Crippen LogP contribution in [0.3, 0.4) is 0 Å². The number of aryl methyl sites for hydroxylation is 3. The molecule has 16 nitrogen and oxygen atoms in total. The number of carbonyl (C=O) groups excluding carboxylic acids is 5. The van der Waals surface area contributed by atoms with Gasteiger partial charge < -0.3 is 39.9 Å². The molecule has 0 radical (unpaired) electrons. The zero-order valence-corrected chi connectivity index (χ0v) is 42.9. The predicted octanol–water partition coefficient (Wildman–Crippen LogP) is 6.52. The molecule has 0 spiro atoms. The predicted molar refractivity (Wildman–Crippen MR) is 274 cm³/mol. The number of β-amino-alcohol motifs (C(OH)–C–C–N with tert-alkyl or cyclic N) is 1. The number of anilines is 2. The first-order chi connectivity index (χ1) is 33.2. The van der Waals surface area contributed by atoms with E-state index in [9.17, 15) is 29.1 Å². The number of nitrogens with one attached hydrogen (secondary N) is 2. The summed E-state index contributed by atoms with van der Waals surface area (Å²) in [7, 11) is 1.72. The first-order valence-electron chi connectivity index (χ1n) is 23.4. The topological polar surface area (TPSA) is 178 Å². The third kappa shape index (κ3) is 12.8. The van der Waals surface area contributed by atoms with Crippen molar-refractivity contribution < 1.29 is 38.6 Å². The number of ether oxygens (including phenoxy) is 2. The number of aliphatic hydroxyl groups excluding tert-OH is 1. The SMILES string of the molecule is [C-]#[N+]c1ccc(N2C(=O)C(C)(C)N(c3ccc(CCCC(=O)N(C)CCOCCOCC(=O)N[C@H](C(=O)N4C[C@H](O)C[C@H]4C(=O)NCc4ccc(-c5scnc5C)cc4)C(C)(C)C)cc3)C2=S)cc1C. The molecule has 4 aromatic rings. The van der Waals surface area contributed by atoms with Gasteiger partial charge in [0.25, 0.3) is 5.91 Å². The van der Waals surface area contributed by atoms with E-state index in [2.05, 4.69) is 20.5 Å². The van der Waals surface area contributed by atoms with Gasteiger partial charge in [-0.2, -0.15) is 0 Å². The van der Waals surface area contributed by atoms with Gasteiger partial charge in [-0.1, -0.05) is 63.2 Å². The van der Waals surface area contributed by atoms with Gasteiger partial charge in [-0.15, -0.1) is 11.3 Å². The zero-order valence-electron chi connectivity index (χ0n) is 41.2. The molecule has 2 aliphatic heterocycles. The molecule has 0 saturated carbocycles. The lowest BCUT2D eigenvalue weighted by atomic mass is 9.85. The largest absolute Gasteiger partial charge is 0.391 e. The Bertz CT molecular complexity index is 2590. The lowest BCUT2D eigenvalue weighted by Crippen LogP contribution is -2.58. The molecule has 2 aliphatic rings. The number of likely N-dealkylation sites (N-methyl/N-ethyl adjacent to an activating group) is 1. The fraction of sp³-hybridized carbons (Fsp3) is 0.462. The molecule has 2 fully saturated rings. The monoisotopic (exact) mass is 992 g/mol. The Morgan fingerprint density at radius 3 is 2.31 bits per heavy atom. The van der Waals surface area contributed by atoms with Crippen LogP contribution in [0.4, 0.5) is 17.1 Å². The number of benzene rings is 3. The minimum Gasteiger partial charge on any atom is -0.391 e. The second kappa shape index (κ2) is 23.2. The molecule has 5 amide bonds. The first kappa shape index (κ1) is 53.3. The van der Waals surface area contributed by atoms with Crippen LogP contribution in [0, 0.1) is 25.8 Å². The van der Waals surface area contributed by atoms with Crippen molar-refractivity contribution in [1.29, 1.82) is 0 Å². The van der Waals surface area contributed by atoms with Crippen molar-refractivity contribution in [2.45, 2.75) is 104 Å². The van der Waals surface area contributed by atoms with Crippen LogP contribution in [0.5, 0.6) is 0 Å². The number of thiocarbonyl (C=S) groups is 1. The zero-order chi connectivity index (χ0) is 50.9. The van der Waals surface area contributed by atoms with E-state index in [0.717, 1.165) is 38.5 Å². The molecule has 70 heavy (non-hydrogen) atoms. The van der Waals surface area contributed by atoms with Gasteiger partial charge in [0.15, 0.2) is 10.8 Å². The van der Waals surface area contributed by atoms with Crippen LogP contribution in [-0.2, 0) is 46.4 Å². The Morgan fingerprint density at radius 2 is 1.67 bits per heavy atom. The van der Waals surface area contributed by atoms with Gasteiger partial charge >= 0.3 is 0 Å². The fourth-order valence-corrected chi connectivity index (χ4v) is 9.83. The Morgan fingerprint density at radius 1 is 1.00 bits per heavy atom. The summed E-state index contributed by atoms with van der Waals surface area (Å²) in [6, 6.07) is 19.0. The van der Waals surface area contributed by atoms with Crippen LogP contribution in [0.25, 0.3) is 15.3 Å². The highest BCUT2D eigenvalue weighted by Crippen LogP contribution is 2.38. The highest BCUT2D eigenvalue weighted by molar-refractivity contribution is 7.81. The molecule has 3 heterocycles. The molecule has 2 saturated heterocycles. The molecule has 6 rings (SSSR count). The molecule has 0 unspecified atom stereocenters. The smallest absolute Gasteiger partial charge is 0.259 e. The summed E-state index contributed by atoms with van der Waals surface area (Å²) in [4.78, 5) is 82.2. The van der Waals surface area contributed by atoms with Crippen LogP contribution in [0.15, 0.2) is 72.2 Å². The van der Waals surface area contributed by atoms with Gasteiger partial charge in [0, 0.05) is 50.9 Å². The van der Waals surface area contributed by atoms with Crippen molar-refractivity contribution in [2.75, 3.05) is 56.4 Å². The minimum atomic E-state index is -0.989. The summed E-state index contributed by atoms with van der Waals surface area (Å²) in [6.07, 6.45) is 0.869. The first-order valence-corrected chi connectivity index (χ1v) is 24.7. The van der Waals surface area contributed by atoms with Crippen molar-refractivity contribution in [2.24, 2.45) is 5.41 Å².